The quantitative estimate of drug-likeness (QED) is 0.472. The Bertz CT molecular complexity index is 891. The molecule has 1 aromatic rings. The normalized spacial score (nSPS) is 21.3. The Kier molecular flexibility index (Phi) is 7.96. The number of carboxylic acid groups (broad SMARTS) is 1. The molecule has 0 bridgehead atoms. The van der Waals surface area contributed by atoms with Crippen LogP contribution in [0.4, 0.5) is 5.69 Å². The lowest BCUT2D eigenvalue weighted by atomic mass is 9.82. The number of thiophene rings is 1. The van der Waals surface area contributed by atoms with E-state index in [1.807, 2.05) is 20.8 Å². The summed E-state index contributed by atoms with van der Waals surface area (Å²) in [6, 6.07) is 1.63. The van der Waals surface area contributed by atoms with Crippen molar-refractivity contribution in [3.63, 3.8) is 0 Å². The van der Waals surface area contributed by atoms with Gasteiger partial charge in [-0.25, -0.2) is 4.79 Å². The molecule has 1 heterocycles. The molecular weight excluding hydrogens is 421 g/mol. The minimum atomic E-state index is -3.36. The van der Waals surface area contributed by atoms with Crippen molar-refractivity contribution in [1.82, 2.24) is 0 Å². The first-order valence-electron chi connectivity index (χ1n) is 10.3. The highest BCUT2D eigenvalue weighted by atomic mass is 32.1. The molecule has 1 atom stereocenters. The molecule has 1 saturated carbocycles. The summed E-state index contributed by atoms with van der Waals surface area (Å²) in [4.78, 5) is 37.1. The van der Waals surface area contributed by atoms with E-state index in [2.05, 4.69) is 18.8 Å². The zero-order chi connectivity index (χ0) is 22.7. The van der Waals surface area contributed by atoms with E-state index in [4.69, 9.17) is 0 Å². The van der Waals surface area contributed by atoms with Gasteiger partial charge in [0.2, 0.25) is 5.91 Å². The van der Waals surface area contributed by atoms with Gasteiger partial charge in [-0.2, -0.15) is 0 Å². The lowest BCUT2D eigenvalue weighted by molar-refractivity contribution is -0.123. The molecule has 1 fully saturated rings. The SMILES string of the molecule is CC1CCC(C(=O)N(CCP(C)(=O)O)c2cc(C#CC(C)(C)C)sc2C(=O)O)CC1. The van der Waals surface area contributed by atoms with Crippen LogP contribution in [0.2, 0.25) is 0 Å². The zero-order valence-electron chi connectivity index (χ0n) is 18.4. The van der Waals surface area contributed by atoms with Crippen LogP contribution < -0.4 is 4.90 Å². The smallest absolute Gasteiger partial charge is 0.348 e. The molecule has 1 amide bonds. The Morgan fingerprint density at radius 3 is 2.37 bits per heavy atom. The Morgan fingerprint density at radius 2 is 1.87 bits per heavy atom. The van der Waals surface area contributed by atoms with E-state index in [0.717, 1.165) is 37.0 Å². The molecule has 2 N–H and O–H groups in total. The monoisotopic (exact) mass is 453 g/mol. The molecule has 6 nitrogen and oxygen atoms in total. The Morgan fingerprint density at radius 1 is 1.27 bits per heavy atom. The summed E-state index contributed by atoms with van der Waals surface area (Å²) < 4.78 is 11.9. The molecule has 1 aromatic heterocycles. The molecule has 8 heteroatoms. The molecule has 0 radical (unpaired) electrons. The summed E-state index contributed by atoms with van der Waals surface area (Å²) in [5.74, 6) is 5.20. The number of carbonyl (C=O) groups is 2. The average Bonchev–Trinajstić information content (AvgIpc) is 3.03. The van der Waals surface area contributed by atoms with Gasteiger partial charge in [-0.05, 0) is 58.4 Å². The van der Waals surface area contributed by atoms with Crippen LogP contribution in [0, 0.1) is 29.1 Å². The Labute approximate surface area is 183 Å². The molecule has 2 rings (SSSR count). The number of hydrogen-bond donors (Lipinski definition) is 2. The molecular formula is C22H32NO5PS. The minimum absolute atomic E-state index is 0.0122. The summed E-state index contributed by atoms with van der Waals surface area (Å²) in [5.41, 5.74) is 0.0379. The molecule has 0 aromatic carbocycles. The van der Waals surface area contributed by atoms with Gasteiger partial charge in [0.25, 0.3) is 0 Å². The predicted molar refractivity (Wildman–Crippen MR) is 122 cm³/mol. The first-order chi connectivity index (χ1) is 13.8. The van der Waals surface area contributed by atoms with Crippen LogP contribution >= 0.6 is 18.7 Å². The second-order valence-corrected chi connectivity index (χ2v) is 13.0. The van der Waals surface area contributed by atoms with Crippen molar-refractivity contribution in [2.75, 3.05) is 24.3 Å². The maximum atomic E-state index is 13.4. The van der Waals surface area contributed by atoms with Gasteiger partial charge < -0.3 is 14.9 Å². The number of aromatic carboxylic acids is 1. The van der Waals surface area contributed by atoms with Gasteiger partial charge in [0.15, 0.2) is 7.37 Å². The first-order valence-corrected chi connectivity index (χ1v) is 13.4. The summed E-state index contributed by atoms with van der Waals surface area (Å²) in [7, 11) is -3.36. The van der Waals surface area contributed by atoms with Gasteiger partial charge in [0.1, 0.15) is 4.88 Å². The molecule has 0 aliphatic heterocycles. The third-order valence-corrected chi connectivity index (χ3v) is 7.19. The van der Waals surface area contributed by atoms with E-state index in [0.29, 0.717) is 10.8 Å². The van der Waals surface area contributed by atoms with Gasteiger partial charge in [-0.15, -0.1) is 11.3 Å². The number of hydrogen-bond acceptors (Lipinski definition) is 4. The number of rotatable bonds is 6. The van der Waals surface area contributed by atoms with Gasteiger partial charge in [0.05, 0.1) is 10.6 Å². The number of anilines is 1. The van der Waals surface area contributed by atoms with Crippen LogP contribution in [-0.4, -0.2) is 41.2 Å². The Balaban J connectivity index is 2.44. The van der Waals surface area contributed by atoms with Crippen molar-refractivity contribution in [2.24, 2.45) is 17.3 Å². The van der Waals surface area contributed by atoms with E-state index < -0.39 is 13.3 Å². The summed E-state index contributed by atoms with van der Waals surface area (Å²) in [6.45, 7) is 9.33. The van der Waals surface area contributed by atoms with Crippen LogP contribution in [0.25, 0.3) is 0 Å². The van der Waals surface area contributed by atoms with Crippen molar-refractivity contribution in [3.8, 4) is 11.8 Å². The van der Waals surface area contributed by atoms with E-state index in [9.17, 15) is 24.2 Å². The maximum absolute atomic E-state index is 13.4. The summed E-state index contributed by atoms with van der Waals surface area (Å²) in [6.07, 6.45) is 3.33. The molecule has 30 heavy (non-hydrogen) atoms. The first kappa shape index (κ1) is 24.7. The van der Waals surface area contributed by atoms with E-state index in [-0.39, 0.29) is 40.5 Å². The highest BCUT2D eigenvalue weighted by Gasteiger charge is 2.32. The largest absolute Gasteiger partial charge is 0.477 e. The third-order valence-electron chi connectivity index (χ3n) is 5.13. The van der Waals surface area contributed by atoms with Crippen LogP contribution in [-0.2, 0) is 9.36 Å². The second kappa shape index (κ2) is 9.68. The second-order valence-electron chi connectivity index (χ2n) is 9.35. The maximum Gasteiger partial charge on any atom is 0.348 e. The highest BCUT2D eigenvalue weighted by Crippen LogP contribution is 2.38. The van der Waals surface area contributed by atoms with Gasteiger partial charge in [-0.1, -0.05) is 18.8 Å². The molecule has 0 saturated heterocycles. The lowest BCUT2D eigenvalue weighted by Gasteiger charge is -2.31. The van der Waals surface area contributed by atoms with Gasteiger partial charge in [0, 0.05) is 30.7 Å². The summed E-state index contributed by atoms with van der Waals surface area (Å²) in [5, 5.41) is 9.73. The molecule has 1 unspecified atom stereocenters. The van der Waals surface area contributed by atoms with Crippen LogP contribution in [0.5, 0.6) is 0 Å². The van der Waals surface area contributed by atoms with Crippen molar-refractivity contribution in [1.29, 1.82) is 0 Å². The standard InChI is InChI=1S/C22H32NO5PS/c1-15-6-8-16(9-7-15)20(24)23(12-13-29(5,27)28)18-14-17(10-11-22(2,3)4)30-19(18)21(25)26/h14-16H,6-9,12-13H2,1-5H3,(H,25,26)(H,27,28). The molecule has 1 aliphatic carbocycles. The fraction of sp³-hybridized carbons (Fsp3) is 0.636. The van der Waals surface area contributed by atoms with Crippen LogP contribution in [0.15, 0.2) is 6.07 Å². The topological polar surface area (TPSA) is 94.9 Å². The van der Waals surface area contributed by atoms with Crippen molar-refractivity contribution in [2.45, 2.75) is 53.4 Å². The number of carboxylic acids is 1. The molecule has 1 aliphatic rings. The van der Waals surface area contributed by atoms with E-state index in [1.54, 1.807) is 6.07 Å². The van der Waals surface area contributed by atoms with Gasteiger partial charge in [-0.3, -0.25) is 9.36 Å². The van der Waals surface area contributed by atoms with Crippen molar-refractivity contribution in [3.05, 3.63) is 15.8 Å². The van der Waals surface area contributed by atoms with Crippen LogP contribution in [0.1, 0.15) is 67.9 Å². The average molecular weight is 454 g/mol. The van der Waals surface area contributed by atoms with Crippen molar-refractivity contribution < 1.29 is 24.2 Å². The summed E-state index contributed by atoms with van der Waals surface area (Å²) >= 11 is 1.04. The Hall–Kier alpha value is -1.61. The van der Waals surface area contributed by atoms with E-state index in [1.165, 1.54) is 11.6 Å². The molecule has 166 valence electrons. The van der Waals surface area contributed by atoms with Crippen LogP contribution in [0.3, 0.4) is 0 Å². The highest BCUT2D eigenvalue weighted by molar-refractivity contribution is 7.57. The minimum Gasteiger partial charge on any atom is -0.477 e. The number of carbonyl (C=O) groups excluding carboxylic acids is 1. The van der Waals surface area contributed by atoms with E-state index >= 15 is 0 Å². The number of nitrogens with zero attached hydrogens (tertiary/aromatic N) is 1. The molecule has 0 spiro atoms. The predicted octanol–water partition coefficient (Wildman–Crippen LogP) is 4.90. The van der Waals surface area contributed by atoms with Gasteiger partial charge >= 0.3 is 5.97 Å². The van der Waals surface area contributed by atoms with Crippen molar-refractivity contribution >= 4 is 36.3 Å². The third kappa shape index (κ3) is 7.27. The number of amides is 1. The zero-order valence-corrected chi connectivity index (χ0v) is 20.1. The lowest BCUT2D eigenvalue weighted by Crippen LogP contribution is -2.40. The fourth-order valence-electron chi connectivity index (χ4n) is 3.41. The fourth-order valence-corrected chi connectivity index (χ4v) is 4.83.